The molecular formula is C11H17NO5. The van der Waals surface area contributed by atoms with Crippen LogP contribution >= 0.6 is 0 Å². The van der Waals surface area contributed by atoms with Gasteiger partial charge in [-0.25, -0.2) is 4.79 Å². The summed E-state index contributed by atoms with van der Waals surface area (Å²) >= 11 is 0. The van der Waals surface area contributed by atoms with Crippen LogP contribution in [0.3, 0.4) is 0 Å². The van der Waals surface area contributed by atoms with Crippen molar-refractivity contribution in [1.82, 2.24) is 4.90 Å². The number of nitrogens with zero attached hydrogens (tertiary/aromatic N) is 1. The van der Waals surface area contributed by atoms with Crippen LogP contribution in [0, 0.1) is 5.92 Å². The molecule has 6 nitrogen and oxygen atoms in total. The van der Waals surface area contributed by atoms with Crippen molar-refractivity contribution < 1.29 is 24.2 Å². The maximum atomic E-state index is 11.9. The van der Waals surface area contributed by atoms with Crippen LogP contribution in [0.5, 0.6) is 0 Å². The first kappa shape index (κ1) is 12.2. The fourth-order valence-electron chi connectivity index (χ4n) is 2.10. The summed E-state index contributed by atoms with van der Waals surface area (Å²) in [7, 11) is 0. The standard InChI is InChI=1S/C11H17NO5/c1-11(2,3)17-10(15)12-4-5-16-8-6(7(8)12)9(13)14/h6-8H,4-5H2,1-3H3,(H,13,14)/t6-,7-,8+/m0/s1. The molecule has 0 aromatic rings. The third-order valence-electron chi connectivity index (χ3n) is 2.83. The number of ether oxygens (including phenoxy) is 2. The number of aliphatic carboxylic acids is 1. The van der Waals surface area contributed by atoms with Gasteiger partial charge >= 0.3 is 12.1 Å². The van der Waals surface area contributed by atoms with Crippen LogP contribution in [0.25, 0.3) is 0 Å². The zero-order valence-electron chi connectivity index (χ0n) is 10.2. The molecule has 0 aromatic carbocycles. The number of fused-ring (bicyclic) bond motifs is 1. The van der Waals surface area contributed by atoms with E-state index in [9.17, 15) is 9.59 Å². The summed E-state index contributed by atoms with van der Waals surface area (Å²) in [5.41, 5.74) is -0.571. The van der Waals surface area contributed by atoms with E-state index >= 15 is 0 Å². The number of rotatable bonds is 1. The van der Waals surface area contributed by atoms with Gasteiger partial charge in [0.25, 0.3) is 0 Å². The van der Waals surface area contributed by atoms with E-state index in [-0.39, 0.29) is 12.1 Å². The van der Waals surface area contributed by atoms with Gasteiger partial charge in [0.15, 0.2) is 0 Å². The Labute approximate surface area is 99.5 Å². The lowest BCUT2D eigenvalue weighted by Gasteiger charge is -2.29. The summed E-state index contributed by atoms with van der Waals surface area (Å²) in [5, 5.41) is 8.96. The molecule has 1 heterocycles. The molecule has 17 heavy (non-hydrogen) atoms. The maximum Gasteiger partial charge on any atom is 0.410 e. The number of carboxylic acids is 1. The molecule has 0 radical (unpaired) electrons. The Balaban J connectivity index is 2.02. The summed E-state index contributed by atoms with van der Waals surface area (Å²) in [6.07, 6.45) is -0.826. The fourth-order valence-corrected chi connectivity index (χ4v) is 2.10. The molecular weight excluding hydrogens is 226 g/mol. The summed E-state index contributed by atoms with van der Waals surface area (Å²) in [6, 6.07) is -0.365. The topological polar surface area (TPSA) is 76.1 Å². The van der Waals surface area contributed by atoms with Crippen molar-refractivity contribution in [3.8, 4) is 0 Å². The highest BCUT2D eigenvalue weighted by atomic mass is 16.6. The van der Waals surface area contributed by atoms with E-state index in [0.29, 0.717) is 13.2 Å². The van der Waals surface area contributed by atoms with Gasteiger partial charge in [-0.3, -0.25) is 9.69 Å². The third-order valence-corrected chi connectivity index (χ3v) is 2.83. The Kier molecular flexibility index (Phi) is 2.77. The molecule has 1 amide bonds. The van der Waals surface area contributed by atoms with Crippen LogP contribution in [-0.2, 0) is 14.3 Å². The van der Waals surface area contributed by atoms with Crippen LogP contribution in [0.4, 0.5) is 4.79 Å². The van der Waals surface area contributed by atoms with Gasteiger partial charge < -0.3 is 14.6 Å². The van der Waals surface area contributed by atoms with E-state index in [1.165, 1.54) is 4.90 Å². The zero-order chi connectivity index (χ0) is 12.8. The van der Waals surface area contributed by atoms with Gasteiger partial charge in [0.05, 0.1) is 18.8 Å². The molecule has 1 saturated carbocycles. The molecule has 3 atom stereocenters. The summed E-state index contributed by atoms with van der Waals surface area (Å²) in [6.45, 7) is 6.10. The maximum absolute atomic E-state index is 11.9. The minimum absolute atomic E-state index is 0.365. The largest absolute Gasteiger partial charge is 0.481 e. The van der Waals surface area contributed by atoms with E-state index in [0.717, 1.165) is 0 Å². The molecule has 1 aliphatic carbocycles. The third kappa shape index (κ3) is 2.36. The number of carboxylic acid groups (broad SMARTS) is 1. The van der Waals surface area contributed by atoms with E-state index < -0.39 is 23.6 Å². The lowest BCUT2D eigenvalue weighted by molar-refractivity contribution is -0.139. The van der Waals surface area contributed by atoms with Crippen LogP contribution in [-0.4, -0.2) is 53.0 Å². The first-order chi connectivity index (χ1) is 7.81. The van der Waals surface area contributed by atoms with Gasteiger partial charge in [0.1, 0.15) is 11.5 Å². The molecule has 2 rings (SSSR count). The zero-order valence-corrected chi connectivity index (χ0v) is 10.2. The number of carbonyl (C=O) groups excluding carboxylic acids is 1. The second-order valence-corrected chi connectivity index (χ2v) is 5.36. The minimum Gasteiger partial charge on any atom is -0.481 e. The molecule has 1 N–H and O–H groups in total. The number of carbonyl (C=O) groups is 2. The molecule has 6 heteroatoms. The Morgan fingerprint density at radius 1 is 1.41 bits per heavy atom. The van der Waals surface area contributed by atoms with Crippen molar-refractivity contribution in [2.75, 3.05) is 13.2 Å². The predicted octanol–water partition coefficient (Wildman–Crippen LogP) is 0.705. The summed E-state index contributed by atoms with van der Waals surface area (Å²) in [5.74, 6) is -1.53. The smallest absolute Gasteiger partial charge is 0.410 e. The van der Waals surface area contributed by atoms with Crippen LogP contribution in [0.1, 0.15) is 20.8 Å². The lowest BCUT2D eigenvalue weighted by Crippen LogP contribution is -2.44. The highest BCUT2D eigenvalue weighted by Crippen LogP contribution is 2.42. The molecule has 1 saturated heterocycles. The van der Waals surface area contributed by atoms with Crippen molar-refractivity contribution in [1.29, 1.82) is 0 Å². The molecule has 2 fully saturated rings. The highest BCUT2D eigenvalue weighted by Gasteiger charge is 2.63. The normalized spacial score (nSPS) is 31.7. The SMILES string of the molecule is CC(C)(C)OC(=O)N1CCO[C@@H]2[C@@H](C(=O)O)[C@@H]21. The van der Waals surface area contributed by atoms with Crippen molar-refractivity contribution >= 4 is 12.1 Å². The van der Waals surface area contributed by atoms with Gasteiger partial charge in [-0.15, -0.1) is 0 Å². The molecule has 1 aliphatic heterocycles. The Hall–Kier alpha value is -1.30. The van der Waals surface area contributed by atoms with Crippen molar-refractivity contribution in [3.05, 3.63) is 0 Å². The number of morpholine rings is 1. The average molecular weight is 243 g/mol. The number of hydrogen-bond donors (Lipinski definition) is 1. The summed E-state index contributed by atoms with van der Waals surface area (Å²) in [4.78, 5) is 24.3. The van der Waals surface area contributed by atoms with E-state index in [1.807, 2.05) is 0 Å². The van der Waals surface area contributed by atoms with Crippen LogP contribution in [0.15, 0.2) is 0 Å². The van der Waals surface area contributed by atoms with E-state index in [2.05, 4.69) is 0 Å². The van der Waals surface area contributed by atoms with Crippen molar-refractivity contribution in [3.63, 3.8) is 0 Å². The second-order valence-electron chi connectivity index (χ2n) is 5.36. The predicted molar refractivity (Wildman–Crippen MR) is 57.6 cm³/mol. The monoisotopic (exact) mass is 243 g/mol. The van der Waals surface area contributed by atoms with Crippen molar-refractivity contribution in [2.24, 2.45) is 5.92 Å². The van der Waals surface area contributed by atoms with Gasteiger partial charge in [-0.1, -0.05) is 0 Å². The van der Waals surface area contributed by atoms with E-state index in [1.54, 1.807) is 20.8 Å². The first-order valence-electron chi connectivity index (χ1n) is 5.65. The molecule has 0 unspecified atom stereocenters. The number of hydrogen-bond acceptors (Lipinski definition) is 4. The van der Waals surface area contributed by atoms with Crippen LogP contribution in [0.2, 0.25) is 0 Å². The van der Waals surface area contributed by atoms with Gasteiger partial charge in [-0.05, 0) is 20.8 Å². The number of amides is 1. The minimum atomic E-state index is -0.921. The Morgan fingerprint density at radius 3 is 2.59 bits per heavy atom. The van der Waals surface area contributed by atoms with Crippen molar-refractivity contribution in [2.45, 2.75) is 38.5 Å². The van der Waals surface area contributed by atoms with Gasteiger partial charge in [0, 0.05) is 6.54 Å². The van der Waals surface area contributed by atoms with Gasteiger partial charge in [0.2, 0.25) is 0 Å². The highest BCUT2D eigenvalue weighted by molar-refractivity contribution is 5.79. The quantitative estimate of drug-likeness (QED) is 0.733. The Morgan fingerprint density at radius 2 is 2.06 bits per heavy atom. The second kappa shape index (κ2) is 3.87. The Bertz CT molecular complexity index is 348. The average Bonchev–Trinajstić information content (AvgIpc) is 2.87. The van der Waals surface area contributed by atoms with Gasteiger partial charge in [-0.2, -0.15) is 0 Å². The first-order valence-corrected chi connectivity index (χ1v) is 5.65. The molecule has 2 aliphatic rings. The summed E-state index contributed by atoms with van der Waals surface area (Å²) < 4.78 is 10.5. The molecule has 96 valence electrons. The van der Waals surface area contributed by atoms with E-state index in [4.69, 9.17) is 14.6 Å². The molecule has 0 aromatic heterocycles. The fraction of sp³-hybridized carbons (Fsp3) is 0.818. The molecule has 0 spiro atoms. The lowest BCUT2D eigenvalue weighted by atomic mass is 10.2. The molecule has 0 bridgehead atoms. The van der Waals surface area contributed by atoms with Crippen LogP contribution < -0.4 is 0 Å².